The Labute approximate surface area is 198 Å². The van der Waals surface area contributed by atoms with Crippen LogP contribution in [-0.2, 0) is 6.18 Å². The van der Waals surface area contributed by atoms with E-state index < -0.39 is 23.6 Å². The molecule has 0 saturated carbocycles. The zero-order valence-electron chi connectivity index (χ0n) is 19.4. The molecular formula is C24H22F4N6O. The first kappa shape index (κ1) is 24.1. The second-order valence-corrected chi connectivity index (χ2v) is 7.98. The Hall–Kier alpha value is -4.02. The zero-order valence-corrected chi connectivity index (χ0v) is 19.4. The molecule has 4 rings (SSSR count). The maximum atomic E-state index is 14.5. The average Bonchev–Trinajstić information content (AvgIpc) is 3.25. The number of hydrogen-bond acceptors (Lipinski definition) is 6. The quantitative estimate of drug-likeness (QED) is 0.353. The Morgan fingerprint density at radius 1 is 1.06 bits per heavy atom. The third-order valence-electron chi connectivity index (χ3n) is 5.42. The number of hydrogen-bond donors (Lipinski definition) is 1. The number of alkyl halides is 3. The SMILES string of the molecule is COc1nc(-c2cc(C)c(N[C@@H](C)c3cccc(C(F)(F)F)c3F)nn2)ccc1-n1cnc(C)c1. The van der Waals surface area contributed by atoms with Crippen LogP contribution in [0.15, 0.2) is 48.9 Å². The molecule has 0 unspecified atom stereocenters. The molecule has 0 aliphatic rings. The third-order valence-corrected chi connectivity index (χ3v) is 5.42. The minimum absolute atomic E-state index is 0.123. The molecule has 3 aromatic heterocycles. The first-order valence-electron chi connectivity index (χ1n) is 10.6. The second kappa shape index (κ2) is 9.32. The van der Waals surface area contributed by atoms with E-state index in [-0.39, 0.29) is 5.56 Å². The molecule has 1 atom stereocenters. The highest BCUT2D eigenvalue weighted by atomic mass is 19.4. The molecule has 11 heteroatoms. The van der Waals surface area contributed by atoms with E-state index in [4.69, 9.17) is 4.74 Å². The molecule has 0 amide bonds. The molecule has 7 nitrogen and oxygen atoms in total. The molecule has 1 N–H and O–H groups in total. The predicted molar refractivity (Wildman–Crippen MR) is 122 cm³/mol. The third kappa shape index (κ3) is 4.93. The van der Waals surface area contributed by atoms with Crippen molar-refractivity contribution in [3.8, 4) is 23.0 Å². The monoisotopic (exact) mass is 486 g/mol. The lowest BCUT2D eigenvalue weighted by Crippen LogP contribution is -2.15. The number of benzene rings is 1. The fraction of sp³-hybridized carbons (Fsp3) is 0.250. The minimum atomic E-state index is -4.78. The van der Waals surface area contributed by atoms with Gasteiger partial charge in [-0.25, -0.2) is 14.4 Å². The Kier molecular flexibility index (Phi) is 6.42. The number of anilines is 1. The van der Waals surface area contributed by atoms with Gasteiger partial charge >= 0.3 is 6.18 Å². The highest BCUT2D eigenvalue weighted by molar-refractivity contribution is 5.61. The maximum absolute atomic E-state index is 14.5. The van der Waals surface area contributed by atoms with Crippen LogP contribution < -0.4 is 10.1 Å². The number of nitrogens with one attached hydrogen (secondary N) is 1. The van der Waals surface area contributed by atoms with Gasteiger partial charge < -0.3 is 14.6 Å². The van der Waals surface area contributed by atoms with E-state index in [1.807, 2.05) is 19.2 Å². The fourth-order valence-corrected chi connectivity index (χ4v) is 3.61. The molecule has 0 bridgehead atoms. The van der Waals surface area contributed by atoms with Crippen molar-refractivity contribution in [2.24, 2.45) is 0 Å². The Morgan fingerprint density at radius 2 is 1.83 bits per heavy atom. The van der Waals surface area contributed by atoms with Gasteiger partial charge in [-0.2, -0.15) is 13.2 Å². The molecule has 0 aliphatic carbocycles. The normalized spacial score (nSPS) is 12.5. The van der Waals surface area contributed by atoms with Crippen LogP contribution in [0.4, 0.5) is 23.4 Å². The van der Waals surface area contributed by atoms with E-state index in [9.17, 15) is 17.6 Å². The molecule has 0 spiro atoms. The highest BCUT2D eigenvalue weighted by Crippen LogP contribution is 2.35. The summed E-state index contributed by atoms with van der Waals surface area (Å²) in [4.78, 5) is 8.73. The summed E-state index contributed by atoms with van der Waals surface area (Å²) in [6.07, 6.45) is -1.27. The van der Waals surface area contributed by atoms with Crippen LogP contribution in [0.3, 0.4) is 0 Å². The lowest BCUT2D eigenvalue weighted by atomic mass is 10.0. The Bertz CT molecular complexity index is 1370. The maximum Gasteiger partial charge on any atom is 0.419 e. The predicted octanol–water partition coefficient (Wildman–Crippen LogP) is 5.68. The number of aryl methyl sites for hydroxylation is 2. The lowest BCUT2D eigenvalue weighted by molar-refractivity contribution is -0.140. The number of ether oxygens (including phenoxy) is 1. The van der Waals surface area contributed by atoms with Crippen LogP contribution in [0.2, 0.25) is 0 Å². The van der Waals surface area contributed by atoms with Crippen molar-refractivity contribution in [2.45, 2.75) is 33.0 Å². The topological polar surface area (TPSA) is 77.8 Å². The van der Waals surface area contributed by atoms with Crippen molar-refractivity contribution < 1.29 is 22.3 Å². The number of halogens is 4. The minimum Gasteiger partial charge on any atom is -0.479 e. The molecule has 4 aromatic rings. The molecular weight excluding hydrogens is 464 g/mol. The van der Waals surface area contributed by atoms with Crippen LogP contribution in [0.25, 0.3) is 17.1 Å². The van der Waals surface area contributed by atoms with Crippen molar-refractivity contribution >= 4 is 5.82 Å². The van der Waals surface area contributed by atoms with Crippen LogP contribution in [-0.4, -0.2) is 31.8 Å². The molecule has 1 aromatic carbocycles. The van der Waals surface area contributed by atoms with Gasteiger partial charge in [0, 0.05) is 11.8 Å². The zero-order chi connectivity index (χ0) is 25.3. The smallest absolute Gasteiger partial charge is 0.419 e. The van der Waals surface area contributed by atoms with Crippen molar-refractivity contribution in [2.75, 3.05) is 12.4 Å². The number of aromatic nitrogens is 5. The summed E-state index contributed by atoms with van der Waals surface area (Å²) in [7, 11) is 1.51. The summed E-state index contributed by atoms with van der Waals surface area (Å²) in [6, 6.07) is 7.73. The molecule has 182 valence electrons. The van der Waals surface area contributed by atoms with Gasteiger partial charge in [-0.05, 0) is 50.6 Å². The summed E-state index contributed by atoms with van der Waals surface area (Å²) in [6.45, 7) is 5.19. The molecule has 0 fully saturated rings. The lowest BCUT2D eigenvalue weighted by Gasteiger charge is -2.19. The van der Waals surface area contributed by atoms with Gasteiger partial charge in [-0.3, -0.25) is 0 Å². The van der Waals surface area contributed by atoms with Gasteiger partial charge in [-0.15, -0.1) is 10.2 Å². The van der Waals surface area contributed by atoms with E-state index in [2.05, 4.69) is 25.5 Å². The largest absolute Gasteiger partial charge is 0.479 e. The standard InChI is InChI=1S/C24H22F4N6O/c1-13-10-19(18-8-9-20(23(31-18)35-4)34-11-14(2)29-12-34)32-33-22(13)30-15(3)16-6-5-7-17(21(16)25)24(26,27)28/h5-12,15H,1-4H3,(H,30,33)/t15-/m0/s1. The highest BCUT2D eigenvalue weighted by Gasteiger charge is 2.35. The van der Waals surface area contributed by atoms with Crippen molar-refractivity contribution in [3.05, 3.63) is 77.1 Å². The van der Waals surface area contributed by atoms with E-state index in [0.717, 1.165) is 5.69 Å². The second-order valence-electron chi connectivity index (χ2n) is 7.98. The average molecular weight is 486 g/mol. The van der Waals surface area contributed by atoms with Crippen LogP contribution in [0, 0.1) is 19.7 Å². The molecule has 0 aliphatic heterocycles. The Morgan fingerprint density at radius 3 is 2.46 bits per heavy atom. The van der Waals surface area contributed by atoms with Gasteiger partial charge in [0.05, 0.1) is 36.4 Å². The number of rotatable bonds is 6. The number of methoxy groups -OCH3 is 1. The molecule has 0 radical (unpaired) electrons. The van der Waals surface area contributed by atoms with E-state index >= 15 is 0 Å². The molecule has 3 heterocycles. The number of pyridine rings is 1. The van der Waals surface area contributed by atoms with E-state index in [0.29, 0.717) is 40.4 Å². The molecule has 0 saturated heterocycles. The summed E-state index contributed by atoms with van der Waals surface area (Å²) in [5, 5.41) is 11.3. The van der Waals surface area contributed by atoms with Crippen LogP contribution in [0.5, 0.6) is 5.88 Å². The van der Waals surface area contributed by atoms with Crippen LogP contribution >= 0.6 is 0 Å². The Balaban J connectivity index is 1.59. The van der Waals surface area contributed by atoms with Gasteiger partial charge in [0.2, 0.25) is 5.88 Å². The van der Waals surface area contributed by atoms with E-state index in [1.54, 1.807) is 36.9 Å². The summed E-state index contributed by atoms with van der Waals surface area (Å²) in [5.41, 5.74) is 1.76. The van der Waals surface area contributed by atoms with Gasteiger partial charge in [0.1, 0.15) is 17.2 Å². The number of nitrogens with zero attached hydrogens (tertiary/aromatic N) is 5. The molecule has 35 heavy (non-hydrogen) atoms. The summed E-state index contributed by atoms with van der Waals surface area (Å²) >= 11 is 0. The van der Waals surface area contributed by atoms with Crippen molar-refractivity contribution in [1.29, 1.82) is 0 Å². The van der Waals surface area contributed by atoms with Gasteiger partial charge in [0.25, 0.3) is 0 Å². The van der Waals surface area contributed by atoms with Gasteiger partial charge in [-0.1, -0.05) is 12.1 Å². The first-order chi connectivity index (χ1) is 16.6. The van der Waals surface area contributed by atoms with Gasteiger partial charge in [0.15, 0.2) is 5.82 Å². The first-order valence-corrected chi connectivity index (χ1v) is 10.6. The van der Waals surface area contributed by atoms with Crippen LogP contribution in [0.1, 0.15) is 35.3 Å². The fourth-order valence-electron chi connectivity index (χ4n) is 3.61. The van der Waals surface area contributed by atoms with Crippen molar-refractivity contribution in [3.63, 3.8) is 0 Å². The summed E-state index contributed by atoms with van der Waals surface area (Å²) in [5.74, 6) is -0.627. The number of imidazole rings is 1. The van der Waals surface area contributed by atoms with Crippen molar-refractivity contribution in [1.82, 2.24) is 24.7 Å². The summed E-state index contributed by atoms with van der Waals surface area (Å²) < 4.78 is 60.9. The van der Waals surface area contributed by atoms with E-state index in [1.165, 1.54) is 19.2 Å².